The van der Waals surface area contributed by atoms with Crippen LogP contribution in [0, 0.1) is 0 Å². The molecule has 2 rings (SSSR count). The van der Waals surface area contributed by atoms with E-state index in [-0.39, 0.29) is 11.2 Å². The van der Waals surface area contributed by atoms with Gasteiger partial charge in [-0.15, -0.1) is 0 Å². The summed E-state index contributed by atoms with van der Waals surface area (Å²) in [4.78, 5) is 11.0. The van der Waals surface area contributed by atoms with Gasteiger partial charge >= 0.3 is 5.97 Å². The van der Waals surface area contributed by atoms with E-state index in [9.17, 15) is 9.90 Å². The Morgan fingerprint density at radius 1 is 1.53 bits per heavy atom. The van der Waals surface area contributed by atoms with E-state index >= 15 is 0 Å². The van der Waals surface area contributed by atoms with Gasteiger partial charge < -0.3 is 15.5 Å². The molecule has 1 aromatic rings. The molecule has 1 aliphatic rings. The average Bonchev–Trinajstić information content (AvgIpc) is 2.29. The SMILES string of the molecule is C[C@]1(c2cccc(O)c2)CCN[C@@H](C(=O)O)C1. The Morgan fingerprint density at radius 2 is 2.29 bits per heavy atom. The van der Waals surface area contributed by atoms with Crippen LogP contribution in [0.25, 0.3) is 0 Å². The summed E-state index contributed by atoms with van der Waals surface area (Å²) in [6.07, 6.45) is 1.42. The van der Waals surface area contributed by atoms with Gasteiger partial charge in [0, 0.05) is 0 Å². The van der Waals surface area contributed by atoms with Gasteiger partial charge in [-0.3, -0.25) is 4.79 Å². The van der Waals surface area contributed by atoms with Crippen molar-refractivity contribution in [1.82, 2.24) is 5.32 Å². The molecular formula is C13H17NO3. The van der Waals surface area contributed by atoms with Crippen molar-refractivity contribution in [3.05, 3.63) is 29.8 Å². The molecule has 0 bridgehead atoms. The minimum atomic E-state index is -0.809. The molecule has 1 heterocycles. The quantitative estimate of drug-likeness (QED) is 0.726. The summed E-state index contributed by atoms with van der Waals surface area (Å²) in [6.45, 7) is 2.74. The number of carbonyl (C=O) groups is 1. The second-order valence-corrected chi connectivity index (χ2v) is 4.91. The lowest BCUT2D eigenvalue weighted by Crippen LogP contribution is -2.48. The van der Waals surface area contributed by atoms with Gasteiger partial charge in [-0.05, 0) is 42.5 Å². The summed E-state index contributed by atoms with van der Waals surface area (Å²) in [5.74, 6) is -0.579. The van der Waals surface area contributed by atoms with E-state index in [1.54, 1.807) is 18.2 Å². The summed E-state index contributed by atoms with van der Waals surface area (Å²) in [6, 6.07) is 6.60. The highest BCUT2D eigenvalue weighted by atomic mass is 16.4. The molecular weight excluding hydrogens is 218 g/mol. The van der Waals surface area contributed by atoms with Crippen molar-refractivity contribution in [2.75, 3.05) is 6.54 Å². The number of nitrogens with one attached hydrogen (secondary N) is 1. The lowest BCUT2D eigenvalue weighted by molar-refractivity contribution is -0.140. The van der Waals surface area contributed by atoms with Gasteiger partial charge in [-0.1, -0.05) is 19.1 Å². The Kier molecular flexibility index (Phi) is 3.07. The lowest BCUT2D eigenvalue weighted by atomic mass is 9.72. The Morgan fingerprint density at radius 3 is 2.94 bits per heavy atom. The molecule has 4 heteroatoms. The Bertz CT molecular complexity index is 432. The molecule has 2 atom stereocenters. The van der Waals surface area contributed by atoms with Crippen molar-refractivity contribution in [1.29, 1.82) is 0 Å². The molecule has 92 valence electrons. The Labute approximate surface area is 100 Å². The topological polar surface area (TPSA) is 69.6 Å². The first kappa shape index (κ1) is 11.9. The predicted octanol–water partition coefficient (Wildman–Crippen LogP) is 1.49. The van der Waals surface area contributed by atoms with Crippen LogP contribution in [0.5, 0.6) is 5.75 Å². The van der Waals surface area contributed by atoms with Crippen LogP contribution in [0.3, 0.4) is 0 Å². The van der Waals surface area contributed by atoms with Gasteiger partial charge in [0.1, 0.15) is 11.8 Å². The first-order chi connectivity index (χ1) is 8.01. The van der Waals surface area contributed by atoms with Crippen LogP contribution in [0.2, 0.25) is 0 Å². The van der Waals surface area contributed by atoms with Crippen LogP contribution in [0.4, 0.5) is 0 Å². The van der Waals surface area contributed by atoms with Crippen molar-refractivity contribution < 1.29 is 15.0 Å². The number of aromatic hydroxyl groups is 1. The number of hydrogen-bond donors (Lipinski definition) is 3. The molecule has 17 heavy (non-hydrogen) atoms. The number of piperidine rings is 1. The van der Waals surface area contributed by atoms with Crippen molar-refractivity contribution in [2.24, 2.45) is 0 Å². The molecule has 1 aromatic carbocycles. The van der Waals surface area contributed by atoms with Crippen LogP contribution in [0.1, 0.15) is 25.3 Å². The number of benzene rings is 1. The third-order valence-corrected chi connectivity index (χ3v) is 3.56. The number of carboxylic acids is 1. The van der Waals surface area contributed by atoms with E-state index in [1.807, 2.05) is 6.07 Å². The summed E-state index contributed by atoms with van der Waals surface area (Å²) in [7, 11) is 0. The van der Waals surface area contributed by atoms with E-state index in [4.69, 9.17) is 5.11 Å². The highest BCUT2D eigenvalue weighted by Crippen LogP contribution is 2.36. The van der Waals surface area contributed by atoms with Crippen LogP contribution in [-0.2, 0) is 10.2 Å². The summed E-state index contributed by atoms with van der Waals surface area (Å²) < 4.78 is 0. The molecule has 0 spiro atoms. The fourth-order valence-corrected chi connectivity index (χ4v) is 2.47. The van der Waals surface area contributed by atoms with Crippen molar-refractivity contribution >= 4 is 5.97 Å². The molecule has 0 aromatic heterocycles. The highest BCUT2D eigenvalue weighted by molar-refractivity contribution is 5.74. The normalized spacial score (nSPS) is 28.9. The summed E-state index contributed by atoms with van der Waals surface area (Å²) >= 11 is 0. The zero-order valence-electron chi connectivity index (χ0n) is 9.81. The maximum Gasteiger partial charge on any atom is 0.320 e. The second-order valence-electron chi connectivity index (χ2n) is 4.91. The number of phenolic OH excluding ortho intramolecular Hbond substituents is 1. The second kappa shape index (κ2) is 4.37. The van der Waals surface area contributed by atoms with Gasteiger partial charge in [-0.25, -0.2) is 0 Å². The zero-order valence-corrected chi connectivity index (χ0v) is 9.81. The molecule has 0 saturated carbocycles. The van der Waals surface area contributed by atoms with Gasteiger partial charge in [0.05, 0.1) is 0 Å². The summed E-state index contributed by atoms with van der Waals surface area (Å²) in [5, 5.41) is 21.6. The van der Waals surface area contributed by atoms with E-state index in [1.165, 1.54) is 0 Å². The van der Waals surface area contributed by atoms with Gasteiger partial charge in [-0.2, -0.15) is 0 Å². The number of phenols is 1. The first-order valence-corrected chi connectivity index (χ1v) is 5.77. The largest absolute Gasteiger partial charge is 0.508 e. The van der Waals surface area contributed by atoms with Crippen LogP contribution < -0.4 is 5.32 Å². The van der Waals surface area contributed by atoms with E-state index in [0.29, 0.717) is 13.0 Å². The molecule has 1 fully saturated rings. The fourth-order valence-electron chi connectivity index (χ4n) is 2.47. The van der Waals surface area contributed by atoms with Crippen LogP contribution in [0.15, 0.2) is 24.3 Å². The van der Waals surface area contributed by atoms with Crippen LogP contribution in [-0.4, -0.2) is 28.8 Å². The predicted molar refractivity (Wildman–Crippen MR) is 64.1 cm³/mol. The Hall–Kier alpha value is -1.55. The van der Waals surface area contributed by atoms with Crippen molar-refractivity contribution in [3.63, 3.8) is 0 Å². The first-order valence-electron chi connectivity index (χ1n) is 5.77. The molecule has 0 amide bonds. The third-order valence-electron chi connectivity index (χ3n) is 3.56. The van der Waals surface area contributed by atoms with E-state index in [2.05, 4.69) is 12.2 Å². The highest BCUT2D eigenvalue weighted by Gasteiger charge is 2.36. The number of hydrogen-bond acceptors (Lipinski definition) is 3. The van der Waals surface area contributed by atoms with E-state index < -0.39 is 12.0 Å². The zero-order chi connectivity index (χ0) is 12.5. The fraction of sp³-hybridized carbons (Fsp3) is 0.462. The number of carboxylic acid groups (broad SMARTS) is 1. The van der Waals surface area contributed by atoms with Gasteiger partial charge in [0.15, 0.2) is 0 Å². The van der Waals surface area contributed by atoms with Crippen molar-refractivity contribution in [2.45, 2.75) is 31.2 Å². The monoisotopic (exact) mass is 235 g/mol. The minimum absolute atomic E-state index is 0.187. The molecule has 0 radical (unpaired) electrons. The smallest absolute Gasteiger partial charge is 0.320 e. The van der Waals surface area contributed by atoms with E-state index in [0.717, 1.165) is 12.0 Å². The molecule has 0 unspecified atom stereocenters. The molecule has 0 aliphatic carbocycles. The molecule has 1 saturated heterocycles. The molecule has 1 aliphatic heterocycles. The van der Waals surface area contributed by atoms with Gasteiger partial charge in [0.25, 0.3) is 0 Å². The molecule has 4 nitrogen and oxygen atoms in total. The van der Waals surface area contributed by atoms with Gasteiger partial charge in [0.2, 0.25) is 0 Å². The van der Waals surface area contributed by atoms with Crippen molar-refractivity contribution in [3.8, 4) is 5.75 Å². The maximum absolute atomic E-state index is 11.0. The average molecular weight is 235 g/mol. The Balaban J connectivity index is 2.26. The maximum atomic E-state index is 11.0. The standard InChI is InChI=1S/C13H17NO3/c1-13(9-3-2-4-10(15)7-9)5-6-14-11(8-13)12(16)17/h2-4,7,11,14-15H,5-6,8H2,1H3,(H,16,17)/t11-,13+/m1/s1. The third kappa shape index (κ3) is 2.42. The minimum Gasteiger partial charge on any atom is -0.508 e. The molecule has 3 N–H and O–H groups in total. The number of aliphatic carboxylic acids is 1. The lowest BCUT2D eigenvalue weighted by Gasteiger charge is -2.37. The van der Waals surface area contributed by atoms with Crippen LogP contribution >= 0.6 is 0 Å². The number of rotatable bonds is 2. The summed E-state index contributed by atoms with van der Waals surface area (Å²) in [5.41, 5.74) is 0.817.